The van der Waals surface area contributed by atoms with Gasteiger partial charge in [-0.05, 0) is 50.8 Å². The average Bonchev–Trinajstić information content (AvgIpc) is 3.31. The summed E-state index contributed by atoms with van der Waals surface area (Å²) in [6.45, 7) is 1.66. The molecule has 40 heavy (non-hydrogen) atoms. The molecule has 2 rings (SSSR count). The Labute approximate surface area is 230 Å². The number of carbonyl (C=O) groups is 5. The van der Waals surface area contributed by atoms with E-state index in [4.69, 9.17) is 16.6 Å². The van der Waals surface area contributed by atoms with E-state index in [1.165, 1.54) is 6.92 Å². The second kappa shape index (κ2) is 15.5. The lowest BCUT2D eigenvalue weighted by molar-refractivity contribution is -0.143. The van der Waals surface area contributed by atoms with Gasteiger partial charge in [-0.3, -0.25) is 19.2 Å². The number of para-hydroxylation sites is 1. The molecule has 2 aromatic rings. The lowest BCUT2D eigenvalue weighted by Crippen LogP contribution is -2.58. The van der Waals surface area contributed by atoms with Crippen LogP contribution in [-0.2, 0) is 30.4 Å². The Kier molecular flexibility index (Phi) is 12.5. The van der Waals surface area contributed by atoms with Crippen molar-refractivity contribution in [2.75, 3.05) is 6.54 Å². The van der Waals surface area contributed by atoms with Gasteiger partial charge in [0.25, 0.3) is 0 Å². The fourth-order valence-electron chi connectivity index (χ4n) is 4.05. The number of hydrogen-bond acceptors (Lipinski definition) is 8. The number of nitrogens with one attached hydrogen (secondary N) is 4. The van der Waals surface area contributed by atoms with Crippen molar-refractivity contribution in [3.63, 3.8) is 0 Å². The van der Waals surface area contributed by atoms with Crippen LogP contribution in [0.25, 0.3) is 10.9 Å². The number of nitrogens with two attached hydrogens (primary N) is 2. The van der Waals surface area contributed by atoms with Crippen LogP contribution in [0.15, 0.2) is 30.5 Å². The highest BCUT2D eigenvalue weighted by atomic mass is 16.4. The van der Waals surface area contributed by atoms with Gasteiger partial charge >= 0.3 is 11.9 Å². The van der Waals surface area contributed by atoms with Crippen LogP contribution in [-0.4, -0.2) is 86.8 Å². The highest BCUT2D eigenvalue weighted by Gasteiger charge is 2.31. The van der Waals surface area contributed by atoms with Crippen molar-refractivity contribution >= 4 is 40.6 Å². The van der Waals surface area contributed by atoms with E-state index in [0.29, 0.717) is 24.9 Å². The van der Waals surface area contributed by atoms with Crippen molar-refractivity contribution in [1.82, 2.24) is 20.9 Å². The minimum atomic E-state index is -1.48. The molecule has 0 saturated carbocycles. The minimum absolute atomic E-state index is 0.0155. The summed E-state index contributed by atoms with van der Waals surface area (Å²) in [5, 5.41) is 36.3. The SMILES string of the molecule is CC(O)C(N)C(=O)NC(Cc1c[nH]c2ccccc12)C(=O)NC(CCCCN)C(=O)NC(CCC(=O)O)C(=O)O. The number of benzene rings is 1. The van der Waals surface area contributed by atoms with Gasteiger partial charge < -0.3 is 47.7 Å². The highest BCUT2D eigenvalue weighted by Crippen LogP contribution is 2.19. The van der Waals surface area contributed by atoms with Crippen LogP contribution in [0.5, 0.6) is 0 Å². The van der Waals surface area contributed by atoms with Crippen LogP contribution in [0.4, 0.5) is 0 Å². The molecule has 0 radical (unpaired) electrons. The number of carboxylic acids is 2. The monoisotopic (exact) mass is 562 g/mol. The summed E-state index contributed by atoms with van der Waals surface area (Å²) in [5.74, 6) is -4.97. The van der Waals surface area contributed by atoms with E-state index in [0.717, 1.165) is 10.9 Å². The van der Waals surface area contributed by atoms with Crippen molar-refractivity contribution in [3.05, 3.63) is 36.0 Å². The fraction of sp³-hybridized carbons (Fsp3) is 0.500. The number of aliphatic hydroxyl groups excluding tert-OH is 1. The number of aliphatic carboxylic acids is 2. The van der Waals surface area contributed by atoms with Crippen LogP contribution in [0, 0.1) is 0 Å². The van der Waals surface area contributed by atoms with E-state index in [1.54, 1.807) is 6.20 Å². The highest BCUT2D eigenvalue weighted by molar-refractivity contribution is 5.95. The maximum Gasteiger partial charge on any atom is 0.326 e. The van der Waals surface area contributed by atoms with Crippen molar-refractivity contribution in [2.45, 2.75) is 75.7 Å². The third-order valence-corrected chi connectivity index (χ3v) is 6.40. The Balaban J connectivity index is 2.29. The molecule has 0 fully saturated rings. The Hall–Kier alpha value is -4.01. The lowest BCUT2D eigenvalue weighted by atomic mass is 10.0. The van der Waals surface area contributed by atoms with Gasteiger partial charge in [0.1, 0.15) is 24.2 Å². The first kappa shape index (κ1) is 32.2. The number of rotatable bonds is 17. The number of H-pyrrole nitrogens is 1. The van der Waals surface area contributed by atoms with Gasteiger partial charge in [0.2, 0.25) is 17.7 Å². The molecular weight excluding hydrogens is 524 g/mol. The third-order valence-electron chi connectivity index (χ3n) is 6.40. The van der Waals surface area contributed by atoms with Crippen LogP contribution in [0.3, 0.4) is 0 Å². The molecule has 5 unspecified atom stereocenters. The largest absolute Gasteiger partial charge is 0.481 e. The number of unbranched alkanes of at least 4 members (excludes halogenated alkanes) is 1. The number of aliphatic hydroxyl groups is 1. The van der Waals surface area contributed by atoms with Gasteiger partial charge in [-0.2, -0.15) is 0 Å². The summed E-state index contributed by atoms with van der Waals surface area (Å²) in [6.07, 6.45) is 0.749. The van der Waals surface area contributed by atoms with E-state index in [9.17, 15) is 34.2 Å². The zero-order valence-electron chi connectivity index (χ0n) is 22.3. The second-order valence-electron chi connectivity index (χ2n) is 9.57. The first-order valence-corrected chi connectivity index (χ1v) is 13.0. The van der Waals surface area contributed by atoms with Gasteiger partial charge in [0.15, 0.2) is 0 Å². The molecule has 0 aliphatic rings. The maximum absolute atomic E-state index is 13.5. The molecule has 1 aromatic carbocycles. The third kappa shape index (κ3) is 9.63. The summed E-state index contributed by atoms with van der Waals surface area (Å²) in [7, 11) is 0. The number of aromatic nitrogens is 1. The molecule has 0 saturated heterocycles. The normalized spacial score (nSPS) is 14.9. The fourth-order valence-corrected chi connectivity index (χ4v) is 4.05. The molecule has 5 atom stereocenters. The summed E-state index contributed by atoms with van der Waals surface area (Å²) in [4.78, 5) is 64.8. The van der Waals surface area contributed by atoms with E-state index >= 15 is 0 Å². The van der Waals surface area contributed by atoms with Crippen LogP contribution >= 0.6 is 0 Å². The van der Waals surface area contributed by atoms with E-state index in [2.05, 4.69) is 20.9 Å². The van der Waals surface area contributed by atoms with Gasteiger partial charge in [-0.15, -0.1) is 0 Å². The van der Waals surface area contributed by atoms with Gasteiger partial charge in [-0.25, -0.2) is 4.79 Å². The molecule has 1 aromatic heterocycles. The van der Waals surface area contributed by atoms with Crippen LogP contribution < -0.4 is 27.4 Å². The molecule has 1 heterocycles. The molecule has 0 spiro atoms. The second-order valence-corrected chi connectivity index (χ2v) is 9.57. The van der Waals surface area contributed by atoms with Crippen molar-refractivity contribution in [3.8, 4) is 0 Å². The summed E-state index contributed by atoms with van der Waals surface area (Å²) >= 11 is 0. The van der Waals surface area contributed by atoms with E-state index < -0.39 is 66.4 Å². The van der Waals surface area contributed by atoms with E-state index in [-0.39, 0.29) is 19.3 Å². The van der Waals surface area contributed by atoms with Crippen molar-refractivity contribution in [1.29, 1.82) is 0 Å². The first-order valence-electron chi connectivity index (χ1n) is 13.0. The maximum atomic E-state index is 13.5. The number of carboxylic acid groups (broad SMARTS) is 2. The first-order chi connectivity index (χ1) is 18.9. The Morgan fingerprint density at radius 3 is 2.15 bits per heavy atom. The number of aromatic amines is 1. The molecule has 0 aliphatic heterocycles. The quantitative estimate of drug-likeness (QED) is 0.106. The molecule has 14 heteroatoms. The number of hydrogen-bond donors (Lipinski definition) is 9. The summed E-state index contributed by atoms with van der Waals surface area (Å²) < 4.78 is 0. The van der Waals surface area contributed by atoms with Gasteiger partial charge in [-0.1, -0.05) is 18.2 Å². The predicted octanol–water partition coefficient (Wildman–Crippen LogP) is -1.05. The molecule has 14 nitrogen and oxygen atoms in total. The van der Waals surface area contributed by atoms with Crippen molar-refractivity contribution in [2.24, 2.45) is 11.5 Å². The topological polar surface area (TPSA) is 250 Å². The van der Waals surface area contributed by atoms with Gasteiger partial charge in [0.05, 0.1) is 6.10 Å². The average molecular weight is 563 g/mol. The number of fused-ring (bicyclic) bond motifs is 1. The van der Waals surface area contributed by atoms with Gasteiger partial charge in [0, 0.05) is 29.9 Å². The zero-order chi connectivity index (χ0) is 29.8. The summed E-state index contributed by atoms with van der Waals surface area (Å²) in [5.41, 5.74) is 12.8. The molecule has 11 N–H and O–H groups in total. The molecule has 220 valence electrons. The molecular formula is C26H38N6O8. The standard InChI is InChI=1S/C26H38N6O8/c1-14(33)22(28)25(38)32-20(12-15-13-29-17-7-3-2-6-16(15)17)24(37)30-18(8-4-5-11-27)23(36)31-19(26(39)40)9-10-21(34)35/h2-3,6-7,13-14,18-20,22,29,33H,4-5,8-12,27-28H2,1H3,(H,30,37)(H,31,36)(H,32,38)(H,34,35)(H,39,40). The predicted molar refractivity (Wildman–Crippen MR) is 145 cm³/mol. The molecule has 0 aliphatic carbocycles. The number of carbonyl (C=O) groups excluding carboxylic acids is 3. The Bertz CT molecular complexity index is 1180. The molecule has 0 bridgehead atoms. The Morgan fingerprint density at radius 1 is 0.900 bits per heavy atom. The van der Waals surface area contributed by atoms with Crippen LogP contribution in [0.2, 0.25) is 0 Å². The molecule has 3 amide bonds. The minimum Gasteiger partial charge on any atom is -0.481 e. The smallest absolute Gasteiger partial charge is 0.326 e. The zero-order valence-corrected chi connectivity index (χ0v) is 22.3. The van der Waals surface area contributed by atoms with E-state index in [1.807, 2.05) is 24.3 Å². The van der Waals surface area contributed by atoms with Crippen LogP contribution in [0.1, 0.15) is 44.6 Å². The lowest BCUT2D eigenvalue weighted by Gasteiger charge is -2.25. The Morgan fingerprint density at radius 2 is 1.52 bits per heavy atom. The summed E-state index contributed by atoms with van der Waals surface area (Å²) in [6, 6.07) is 2.14. The van der Waals surface area contributed by atoms with Crippen molar-refractivity contribution < 1.29 is 39.3 Å². The number of amides is 3.